The number of hydrogen-bond acceptors (Lipinski definition) is 4. The van der Waals surface area contributed by atoms with Crippen molar-refractivity contribution in [1.82, 2.24) is 10.3 Å². The summed E-state index contributed by atoms with van der Waals surface area (Å²) in [6.07, 6.45) is 3.37. The molecule has 2 atom stereocenters. The molecule has 2 N–H and O–H groups in total. The van der Waals surface area contributed by atoms with Crippen LogP contribution in [-0.2, 0) is 10.8 Å². The van der Waals surface area contributed by atoms with Crippen LogP contribution in [0.3, 0.4) is 0 Å². The number of pyridine rings is 1. The van der Waals surface area contributed by atoms with E-state index in [9.17, 15) is 9.00 Å². The lowest BCUT2D eigenvalue weighted by Crippen LogP contribution is -2.34. The van der Waals surface area contributed by atoms with Crippen LogP contribution in [-0.4, -0.2) is 39.7 Å². The molecule has 1 aromatic heterocycles. The summed E-state index contributed by atoms with van der Waals surface area (Å²) in [5.74, 6) is 1.11. The summed E-state index contributed by atoms with van der Waals surface area (Å²) in [6.45, 7) is 4.81. The molecule has 5 nitrogen and oxygen atoms in total. The minimum absolute atomic E-state index is 0.0135. The highest BCUT2D eigenvalue weighted by atomic mass is 32.2. The topological polar surface area (TPSA) is 71.1 Å². The Hall–Kier alpha value is -1.43. The van der Waals surface area contributed by atoms with E-state index in [0.29, 0.717) is 23.7 Å². The van der Waals surface area contributed by atoms with Crippen molar-refractivity contribution in [3.8, 4) is 0 Å². The lowest BCUT2D eigenvalue weighted by molar-refractivity contribution is 0.0934. The normalized spacial score (nSPS) is 13.6. The van der Waals surface area contributed by atoms with E-state index in [-0.39, 0.29) is 11.9 Å². The van der Waals surface area contributed by atoms with E-state index in [1.54, 1.807) is 12.3 Å². The molecule has 0 aromatic carbocycles. The Bertz CT molecular complexity index is 465. The van der Waals surface area contributed by atoms with E-state index in [1.807, 2.05) is 19.1 Å². The summed E-state index contributed by atoms with van der Waals surface area (Å²) in [6, 6.07) is 5.33. The second kappa shape index (κ2) is 8.68. The molecule has 2 unspecified atom stereocenters. The highest BCUT2D eigenvalue weighted by molar-refractivity contribution is 7.84. The van der Waals surface area contributed by atoms with Crippen molar-refractivity contribution in [3.05, 3.63) is 23.9 Å². The predicted octanol–water partition coefficient (Wildman–Crippen LogP) is 1.79. The molecule has 1 rings (SSSR count). The zero-order valence-corrected chi connectivity index (χ0v) is 13.1. The van der Waals surface area contributed by atoms with Gasteiger partial charge in [0.15, 0.2) is 0 Å². The van der Waals surface area contributed by atoms with Gasteiger partial charge in [-0.1, -0.05) is 13.0 Å². The van der Waals surface area contributed by atoms with E-state index in [0.717, 1.165) is 13.0 Å². The first-order valence-electron chi connectivity index (χ1n) is 6.84. The smallest absolute Gasteiger partial charge is 0.270 e. The molecule has 0 aliphatic heterocycles. The zero-order valence-electron chi connectivity index (χ0n) is 12.3. The van der Waals surface area contributed by atoms with Crippen LogP contribution in [0.1, 0.15) is 37.2 Å². The Morgan fingerprint density at radius 1 is 1.45 bits per heavy atom. The van der Waals surface area contributed by atoms with Crippen molar-refractivity contribution in [3.63, 3.8) is 0 Å². The summed E-state index contributed by atoms with van der Waals surface area (Å²) in [7, 11) is -0.830. The second-order valence-electron chi connectivity index (χ2n) is 4.78. The number of carbonyl (C=O) groups excluding carboxylic acids is 1. The van der Waals surface area contributed by atoms with Crippen LogP contribution in [0.15, 0.2) is 18.2 Å². The fourth-order valence-corrected chi connectivity index (χ4v) is 2.31. The number of nitrogens with zero attached hydrogens (tertiary/aromatic N) is 1. The van der Waals surface area contributed by atoms with E-state index in [4.69, 9.17) is 0 Å². The molecule has 20 heavy (non-hydrogen) atoms. The largest absolute Gasteiger partial charge is 0.370 e. The third-order valence-electron chi connectivity index (χ3n) is 2.75. The Morgan fingerprint density at radius 3 is 2.85 bits per heavy atom. The molecule has 1 aromatic rings. The SMILES string of the molecule is CCCNc1cccc(C(=O)NC(C)CCS(C)=O)n1. The molecular weight excluding hydrogens is 274 g/mol. The van der Waals surface area contributed by atoms with E-state index in [1.165, 1.54) is 0 Å². The molecule has 0 saturated carbocycles. The molecule has 6 heteroatoms. The number of anilines is 1. The predicted molar refractivity (Wildman–Crippen MR) is 83.5 cm³/mol. The third-order valence-corrected chi connectivity index (χ3v) is 3.56. The highest BCUT2D eigenvalue weighted by Crippen LogP contribution is 2.05. The van der Waals surface area contributed by atoms with Gasteiger partial charge < -0.3 is 10.6 Å². The molecule has 0 bridgehead atoms. The average molecular weight is 297 g/mol. The molecule has 1 heterocycles. The summed E-state index contributed by atoms with van der Waals surface area (Å²) >= 11 is 0. The number of nitrogens with one attached hydrogen (secondary N) is 2. The van der Waals surface area contributed by atoms with Crippen molar-refractivity contribution in [2.75, 3.05) is 23.9 Å². The van der Waals surface area contributed by atoms with Crippen LogP contribution in [0.2, 0.25) is 0 Å². The minimum Gasteiger partial charge on any atom is -0.370 e. The van der Waals surface area contributed by atoms with Crippen molar-refractivity contribution < 1.29 is 9.00 Å². The lowest BCUT2D eigenvalue weighted by Gasteiger charge is -2.13. The second-order valence-corrected chi connectivity index (χ2v) is 6.33. The molecule has 112 valence electrons. The van der Waals surface area contributed by atoms with Gasteiger partial charge in [0.25, 0.3) is 5.91 Å². The van der Waals surface area contributed by atoms with Gasteiger partial charge in [0.05, 0.1) is 0 Å². The van der Waals surface area contributed by atoms with E-state index >= 15 is 0 Å². The molecule has 0 spiro atoms. The first-order chi connectivity index (χ1) is 9.52. The van der Waals surface area contributed by atoms with Gasteiger partial charge in [0.2, 0.25) is 0 Å². The quantitative estimate of drug-likeness (QED) is 0.767. The Labute approximate surface area is 123 Å². The average Bonchev–Trinajstić information content (AvgIpc) is 2.43. The maximum Gasteiger partial charge on any atom is 0.270 e. The maximum absolute atomic E-state index is 12.0. The number of carbonyl (C=O) groups is 1. The molecule has 0 saturated heterocycles. The molecule has 0 aliphatic rings. The molecular formula is C14H23N3O2S. The van der Waals surface area contributed by atoms with Gasteiger partial charge >= 0.3 is 0 Å². The molecule has 0 radical (unpaired) electrons. The van der Waals surface area contributed by atoms with Gasteiger partial charge in [-0.3, -0.25) is 9.00 Å². The van der Waals surface area contributed by atoms with E-state index < -0.39 is 10.8 Å². The molecule has 1 amide bonds. The van der Waals surface area contributed by atoms with Crippen LogP contribution in [0.5, 0.6) is 0 Å². The minimum atomic E-state index is -0.830. The number of rotatable bonds is 8. The monoisotopic (exact) mass is 297 g/mol. The van der Waals surface area contributed by atoms with E-state index in [2.05, 4.69) is 22.5 Å². The summed E-state index contributed by atoms with van der Waals surface area (Å²) in [5.41, 5.74) is 0.399. The van der Waals surface area contributed by atoms with Gasteiger partial charge in [0, 0.05) is 35.4 Å². The fraction of sp³-hybridized carbons (Fsp3) is 0.571. The van der Waals surface area contributed by atoms with Crippen molar-refractivity contribution >= 4 is 22.5 Å². The number of aromatic nitrogens is 1. The van der Waals surface area contributed by atoms with Crippen LogP contribution < -0.4 is 10.6 Å². The van der Waals surface area contributed by atoms with Crippen molar-refractivity contribution in [2.45, 2.75) is 32.7 Å². The number of hydrogen-bond donors (Lipinski definition) is 2. The van der Waals surface area contributed by atoms with Crippen LogP contribution in [0, 0.1) is 0 Å². The van der Waals surface area contributed by atoms with Gasteiger partial charge in [0.1, 0.15) is 11.5 Å². The summed E-state index contributed by atoms with van der Waals surface area (Å²) in [5, 5.41) is 6.02. The fourth-order valence-electron chi connectivity index (χ4n) is 1.63. The van der Waals surface area contributed by atoms with Crippen LogP contribution in [0.4, 0.5) is 5.82 Å². The Balaban J connectivity index is 2.56. The lowest BCUT2D eigenvalue weighted by atomic mass is 10.2. The van der Waals surface area contributed by atoms with Crippen molar-refractivity contribution in [2.24, 2.45) is 0 Å². The zero-order chi connectivity index (χ0) is 15.0. The highest BCUT2D eigenvalue weighted by Gasteiger charge is 2.11. The summed E-state index contributed by atoms with van der Waals surface area (Å²) in [4.78, 5) is 16.3. The first-order valence-corrected chi connectivity index (χ1v) is 8.57. The van der Waals surface area contributed by atoms with Crippen LogP contribution in [0.25, 0.3) is 0 Å². The maximum atomic E-state index is 12.0. The standard InChI is InChI=1S/C14H23N3O2S/c1-4-9-15-13-7-5-6-12(17-13)14(18)16-11(2)8-10-20(3)19/h5-7,11H,4,8-10H2,1-3H3,(H,15,17)(H,16,18). The van der Waals surface area contributed by atoms with Crippen LogP contribution >= 0.6 is 0 Å². The molecule has 0 fully saturated rings. The van der Waals surface area contributed by atoms with Gasteiger partial charge in [-0.05, 0) is 31.9 Å². The Morgan fingerprint density at radius 2 is 2.20 bits per heavy atom. The number of amides is 1. The Kier molecular flexibility index (Phi) is 7.22. The van der Waals surface area contributed by atoms with Gasteiger partial charge in [-0.2, -0.15) is 0 Å². The third kappa shape index (κ3) is 6.14. The first kappa shape index (κ1) is 16.6. The van der Waals surface area contributed by atoms with Crippen molar-refractivity contribution in [1.29, 1.82) is 0 Å². The molecule has 0 aliphatic carbocycles. The van der Waals surface area contributed by atoms with Gasteiger partial charge in [-0.15, -0.1) is 0 Å². The van der Waals surface area contributed by atoms with Gasteiger partial charge in [-0.25, -0.2) is 4.98 Å². The summed E-state index contributed by atoms with van der Waals surface area (Å²) < 4.78 is 11.0.